The molecule has 15 heavy (non-hydrogen) atoms. The Morgan fingerprint density at radius 3 is 3.07 bits per heavy atom. The highest BCUT2D eigenvalue weighted by atomic mass is 16.5. The summed E-state index contributed by atoms with van der Waals surface area (Å²) >= 11 is 0. The third kappa shape index (κ3) is 1.85. The average Bonchev–Trinajstić information content (AvgIpc) is 2.24. The molecule has 1 saturated heterocycles. The van der Waals surface area contributed by atoms with E-state index >= 15 is 0 Å². The van der Waals surface area contributed by atoms with Gasteiger partial charge in [0.2, 0.25) is 0 Å². The fourth-order valence-electron chi connectivity index (χ4n) is 3.28. The first-order valence-electron chi connectivity index (χ1n) is 6.14. The van der Waals surface area contributed by atoms with Gasteiger partial charge in [0.1, 0.15) is 0 Å². The van der Waals surface area contributed by atoms with Gasteiger partial charge in [-0.2, -0.15) is 0 Å². The van der Waals surface area contributed by atoms with Crippen molar-refractivity contribution in [2.75, 3.05) is 13.2 Å². The zero-order valence-corrected chi connectivity index (χ0v) is 9.96. The molecule has 0 spiro atoms. The Balaban J connectivity index is 1.90. The van der Waals surface area contributed by atoms with Gasteiger partial charge in [-0.15, -0.1) is 6.58 Å². The Bertz CT molecular complexity index is 237. The van der Waals surface area contributed by atoms with E-state index in [1.807, 2.05) is 6.08 Å². The second-order valence-corrected chi connectivity index (χ2v) is 5.43. The fraction of sp³-hybridized carbons (Fsp3) is 0.846. The van der Waals surface area contributed by atoms with E-state index in [0.29, 0.717) is 17.6 Å². The Labute approximate surface area is 93.1 Å². The summed E-state index contributed by atoms with van der Waals surface area (Å²) in [5.74, 6) is 0.749. The van der Waals surface area contributed by atoms with Crippen LogP contribution >= 0.6 is 0 Å². The van der Waals surface area contributed by atoms with Gasteiger partial charge in [0, 0.05) is 24.0 Å². The summed E-state index contributed by atoms with van der Waals surface area (Å²) < 4.78 is 5.87. The number of hydrogen-bond acceptors (Lipinski definition) is 2. The van der Waals surface area contributed by atoms with Crippen LogP contribution in [0.5, 0.6) is 0 Å². The van der Waals surface area contributed by atoms with Gasteiger partial charge in [0.15, 0.2) is 0 Å². The van der Waals surface area contributed by atoms with Crippen molar-refractivity contribution in [2.24, 2.45) is 11.3 Å². The van der Waals surface area contributed by atoms with Crippen LogP contribution in [0.3, 0.4) is 0 Å². The summed E-state index contributed by atoms with van der Waals surface area (Å²) in [6.07, 6.45) is 6.10. The van der Waals surface area contributed by atoms with E-state index in [0.717, 1.165) is 25.5 Å². The maximum atomic E-state index is 5.87. The molecule has 1 aliphatic heterocycles. The van der Waals surface area contributed by atoms with Crippen LogP contribution in [-0.2, 0) is 4.74 Å². The zero-order valence-electron chi connectivity index (χ0n) is 9.96. The molecule has 0 aromatic carbocycles. The van der Waals surface area contributed by atoms with E-state index in [1.54, 1.807) is 0 Å². The Kier molecular flexibility index (Phi) is 3.17. The summed E-state index contributed by atoms with van der Waals surface area (Å²) in [5.41, 5.74) is 0.312. The molecule has 2 rings (SSSR count). The van der Waals surface area contributed by atoms with Crippen molar-refractivity contribution < 1.29 is 4.74 Å². The quantitative estimate of drug-likeness (QED) is 0.567. The van der Waals surface area contributed by atoms with Crippen LogP contribution in [0.4, 0.5) is 0 Å². The maximum absolute atomic E-state index is 5.87. The second kappa shape index (κ2) is 4.26. The van der Waals surface area contributed by atoms with E-state index in [-0.39, 0.29) is 0 Å². The van der Waals surface area contributed by atoms with Gasteiger partial charge in [-0.25, -0.2) is 0 Å². The fourth-order valence-corrected chi connectivity index (χ4v) is 3.28. The summed E-state index contributed by atoms with van der Waals surface area (Å²) in [6.45, 7) is 10.4. The van der Waals surface area contributed by atoms with Gasteiger partial charge in [-0.05, 0) is 25.8 Å². The molecule has 2 nitrogen and oxygen atoms in total. The molecule has 2 heteroatoms. The molecule has 2 fully saturated rings. The molecule has 0 radical (unpaired) electrons. The first kappa shape index (κ1) is 11.2. The molecule has 3 atom stereocenters. The largest absolute Gasteiger partial charge is 0.377 e. The predicted molar refractivity (Wildman–Crippen MR) is 62.8 cm³/mol. The SMILES string of the molecule is C=CCCNC1C2CCCOC2C1(C)C. The third-order valence-electron chi connectivity index (χ3n) is 4.04. The lowest BCUT2D eigenvalue weighted by Crippen LogP contribution is -2.69. The highest BCUT2D eigenvalue weighted by molar-refractivity contribution is 5.10. The van der Waals surface area contributed by atoms with Crippen molar-refractivity contribution in [3.8, 4) is 0 Å². The van der Waals surface area contributed by atoms with Gasteiger partial charge in [-0.3, -0.25) is 0 Å². The molecule has 3 unspecified atom stereocenters. The number of fused-ring (bicyclic) bond motifs is 1. The first-order valence-corrected chi connectivity index (χ1v) is 6.14. The lowest BCUT2D eigenvalue weighted by Gasteiger charge is -2.60. The minimum Gasteiger partial charge on any atom is -0.377 e. The Morgan fingerprint density at radius 1 is 1.53 bits per heavy atom. The lowest BCUT2D eigenvalue weighted by atomic mass is 9.55. The third-order valence-corrected chi connectivity index (χ3v) is 4.04. The average molecular weight is 209 g/mol. The lowest BCUT2D eigenvalue weighted by molar-refractivity contribution is -0.192. The Morgan fingerprint density at radius 2 is 2.33 bits per heavy atom. The zero-order chi connectivity index (χ0) is 10.9. The van der Waals surface area contributed by atoms with Crippen molar-refractivity contribution in [1.82, 2.24) is 5.32 Å². The second-order valence-electron chi connectivity index (χ2n) is 5.43. The molecule has 0 aromatic heterocycles. The molecule has 86 valence electrons. The molecule has 1 aliphatic carbocycles. The number of rotatable bonds is 4. The number of nitrogens with one attached hydrogen (secondary N) is 1. The number of hydrogen-bond donors (Lipinski definition) is 1. The van der Waals surface area contributed by atoms with Crippen molar-refractivity contribution in [3.05, 3.63) is 12.7 Å². The molecule has 2 aliphatic rings. The van der Waals surface area contributed by atoms with Gasteiger partial charge in [0.05, 0.1) is 6.10 Å². The molecular formula is C13H23NO. The van der Waals surface area contributed by atoms with Crippen LogP contribution in [0.2, 0.25) is 0 Å². The van der Waals surface area contributed by atoms with E-state index in [9.17, 15) is 0 Å². The van der Waals surface area contributed by atoms with Gasteiger partial charge >= 0.3 is 0 Å². The highest BCUT2D eigenvalue weighted by Gasteiger charge is 2.57. The summed E-state index contributed by atoms with van der Waals surface area (Å²) in [6, 6.07) is 0.641. The molecule has 1 heterocycles. The first-order chi connectivity index (χ1) is 7.18. The van der Waals surface area contributed by atoms with Gasteiger partial charge < -0.3 is 10.1 Å². The maximum Gasteiger partial charge on any atom is 0.0684 e. The summed E-state index contributed by atoms with van der Waals surface area (Å²) in [7, 11) is 0. The highest BCUT2D eigenvalue weighted by Crippen LogP contribution is 2.51. The standard InChI is InChI=1S/C13H23NO/c1-4-5-8-14-11-10-7-6-9-15-12(10)13(11,2)3/h4,10-12,14H,1,5-9H2,2-3H3. The van der Waals surface area contributed by atoms with E-state index in [4.69, 9.17) is 4.74 Å². The van der Waals surface area contributed by atoms with Gasteiger partial charge in [-0.1, -0.05) is 19.9 Å². The van der Waals surface area contributed by atoms with E-state index in [2.05, 4.69) is 25.7 Å². The molecule has 0 amide bonds. The molecule has 1 saturated carbocycles. The predicted octanol–water partition coefficient (Wildman–Crippen LogP) is 2.36. The number of ether oxygens (including phenoxy) is 1. The Hall–Kier alpha value is -0.340. The minimum atomic E-state index is 0.312. The van der Waals surface area contributed by atoms with Crippen molar-refractivity contribution in [2.45, 2.75) is 45.3 Å². The van der Waals surface area contributed by atoms with Crippen LogP contribution in [0.25, 0.3) is 0 Å². The van der Waals surface area contributed by atoms with Crippen LogP contribution in [0.1, 0.15) is 33.1 Å². The van der Waals surface area contributed by atoms with Crippen molar-refractivity contribution in [1.29, 1.82) is 0 Å². The normalized spacial score (nSPS) is 37.9. The topological polar surface area (TPSA) is 21.3 Å². The van der Waals surface area contributed by atoms with Crippen LogP contribution < -0.4 is 5.32 Å². The van der Waals surface area contributed by atoms with Crippen LogP contribution in [0.15, 0.2) is 12.7 Å². The van der Waals surface area contributed by atoms with Crippen LogP contribution in [0, 0.1) is 11.3 Å². The molecule has 0 bridgehead atoms. The molecule has 1 N–H and O–H groups in total. The summed E-state index contributed by atoms with van der Waals surface area (Å²) in [4.78, 5) is 0. The van der Waals surface area contributed by atoms with Crippen molar-refractivity contribution in [3.63, 3.8) is 0 Å². The monoisotopic (exact) mass is 209 g/mol. The molecule has 0 aromatic rings. The van der Waals surface area contributed by atoms with Crippen molar-refractivity contribution >= 4 is 0 Å². The van der Waals surface area contributed by atoms with E-state index < -0.39 is 0 Å². The minimum absolute atomic E-state index is 0.312. The van der Waals surface area contributed by atoms with E-state index in [1.165, 1.54) is 12.8 Å². The smallest absolute Gasteiger partial charge is 0.0684 e. The van der Waals surface area contributed by atoms with Gasteiger partial charge in [0.25, 0.3) is 0 Å². The van der Waals surface area contributed by atoms with Crippen LogP contribution in [-0.4, -0.2) is 25.3 Å². The molecular weight excluding hydrogens is 186 g/mol. The summed E-state index contributed by atoms with van der Waals surface area (Å²) in [5, 5.41) is 3.66.